The zero-order valence-electron chi connectivity index (χ0n) is 33.9. The molecule has 0 saturated carbocycles. The molecule has 0 aliphatic carbocycles. The summed E-state index contributed by atoms with van der Waals surface area (Å²) in [4.78, 5) is 18.8. The molecule has 272 valence electrons. The molecule has 2 aromatic heterocycles. The Morgan fingerprint density at radius 2 is 1.14 bits per heavy atom. The minimum atomic E-state index is -0.105. The summed E-state index contributed by atoms with van der Waals surface area (Å²) in [6, 6.07) is 15.1. The van der Waals surface area contributed by atoms with Crippen molar-refractivity contribution in [3.63, 3.8) is 0 Å². The van der Waals surface area contributed by atoms with Gasteiger partial charge in [-0.3, -0.25) is 4.79 Å². The molecule has 0 atom stereocenters. The van der Waals surface area contributed by atoms with Crippen molar-refractivity contribution in [3.05, 3.63) is 84.7 Å². The van der Waals surface area contributed by atoms with E-state index in [1.165, 1.54) is 45.9 Å². The van der Waals surface area contributed by atoms with Gasteiger partial charge in [-0.15, -0.1) is 22.7 Å². The molecule has 0 unspecified atom stereocenters. The second-order valence-corrected chi connectivity index (χ2v) is 20.6. The summed E-state index contributed by atoms with van der Waals surface area (Å²) in [7, 11) is 0. The van der Waals surface area contributed by atoms with Crippen LogP contribution < -0.4 is 5.32 Å². The van der Waals surface area contributed by atoms with Crippen molar-refractivity contribution in [2.24, 2.45) is 10.8 Å². The van der Waals surface area contributed by atoms with Gasteiger partial charge < -0.3 is 5.32 Å². The number of benzene rings is 1. The molecule has 49 heavy (non-hydrogen) atoms. The summed E-state index contributed by atoms with van der Waals surface area (Å²) in [5, 5.41) is 3.17. The van der Waals surface area contributed by atoms with Crippen molar-refractivity contribution >= 4 is 34.7 Å². The van der Waals surface area contributed by atoms with Crippen LogP contribution in [0.4, 0.5) is 0 Å². The molecule has 0 saturated heterocycles. The van der Waals surface area contributed by atoms with Crippen LogP contribution in [0.5, 0.6) is 0 Å². The topological polar surface area (TPSA) is 29.1 Å². The Kier molecular flexibility index (Phi) is 13.1. The SMILES string of the molecule is CCCCCCc1cc(C(C)(C)C(C)(C)C)sc1C(C)(C)C(C)(C)c1cc(CCNC(=O)/C=C/c2ccccc2)c(C(C)(C)C(C)(C)C)s1. The first-order chi connectivity index (χ1) is 22.5. The number of amides is 1. The number of carbonyl (C=O) groups excluding carboxylic acids is 1. The first-order valence-electron chi connectivity index (χ1n) is 18.8. The molecule has 0 aliphatic rings. The van der Waals surface area contributed by atoms with Gasteiger partial charge in [0.2, 0.25) is 5.91 Å². The third kappa shape index (κ3) is 9.20. The lowest BCUT2D eigenvalue weighted by atomic mass is 9.64. The highest BCUT2D eigenvalue weighted by molar-refractivity contribution is 7.13. The van der Waals surface area contributed by atoms with E-state index in [-0.39, 0.29) is 38.4 Å². The van der Waals surface area contributed by atoms with Gasteiger partial charge in [-0.2, -0.15) is 0 Å². The summed E-state index contributed by atoms with van der Waals surface area (Å²) in [5.41, 5.74) is 4.08. The molecular weight excluding hydrogens is 635 g/mol. The van der Waals surface area contributed by atoms with Crippen molar-refractivity contribution in [1.82, 2.24) is 5.32 Å². The van der Waals surface area contributed by atoms with Crippen LogP contribution in [0.3, 0.4) is 0 Å². The molecule has 2 nitrogen and oxygen atoms in total. The molecular formula is C45H69NOS2. The van der Waals surface area contributed by atoms with Crippen LogP contribution in [-0.4, -0.2) is 12.5 Å². The molecule has 1 N–H and O–H groups in total. The number of rotatable bonds is 15. The predicted molar refractivity (Wildman–Crippen MR) is 220 cm³/mol. The first kappa shape index (κ1) is 41.3. The molecule has 0 spiro atoms. The number of thiophene rings is 2. The van der Waals surface area contributed by atoms with E-state index in [0.717, 1.165) is 18.4 Å². The van der Waals surface area contributed by atoms with Crippen LogP contribution in [0.25, 0.3) is 6.08 Å². The maximum atomic E-state index is 12.8. The second kappa shape index (κ2) is 15.6. The fourth-order valence-corrected chi connectivity index (χ4v) is 9.63. The fraction of sp³-hybridized carbons (Fsp3) is 0.622. The lowest BCUT2D eigenvalue weighted by Gasteiger charge is -2.42. The molecule has 3 aromatic rings. The van der Waals surface area contributed by atoms with Crippen LogP contribution in [-0.2, 0) is 39.3 Å². The maximum Gasteiger partial charge on any atom is 0.244 e. The van der Waals surface area contributed by atoms with Crippen molar-refractivity contribution in [1.29, 1.82) is 0 Å². The molecule has 0 bridgehead atoms. The van der Waals surface area contributed by atoms with E-state index in [0.29, 0.717) is 6.54 Å². The van der Waals surface area contributed by atoms with Crippen LogP contribution in [0, 0.1) is 10.8 Å². The quantitative estimate of drug-likeness (QED) is 0.124. The van der Waals surface area contributed by atoms with Crippen molar-refractivity contribution < 1.29 is 4.79 Å². The largest absolute Gasteiger partial charge is 0.352 e. The minimum Gasteiger partial charge on any atom is -0.352 e. The predicted octanol–water partition coefficient (Wildman–Crippen LogP) is 13.2. The Hall–Kier alpha value is -2.17. The summed E-state index contributed by atoms with van der Waals surface area (Å²) in [6.45, 7) is 36.8. The lowest BCUT2D eigenvalue weighted by Crippen LogP contribution is -2.40. The number of unbranched alkanes of at least 4 members (excludes halogenated alkanes) is 3. The van der Waals surface area contributed by atoms with Gasteiger partial charge in [0.15, 0.2) is 0 Å². The number of carbonyl (C=O) groups is 1. The van der Waals surface area contributed by atoms with Crippen molar-refractivity contribution in [3.8, 4) is 0 Å². The van der Waals surface area contributed by atoms with Gasteiger partial charge in [0.05, 0.1) is 0 Å². The van der Waals surface area contributed by atoms with E-state index < -0.39 is 0 Å². The molecule has 3 rings (SSSR count). The number of hydrogen-bond donors (Lipinski definition) is 1. The molecule has 0 radical (unpaired) electrons. The molecule has 1 aromatic carbocycles. The zero-order chi connectivity index (χ0) is 37.1. The second-order valence-electron chi connectivity index (χ2n) is 18.5. The van der Waals surface area contributed by atoms with E-state index in [4.69, 9.17) is 0 Å². The monoisotopic (exact) mass is 703 g/mol. The number of aryl methyl sites for hydroxylation is 1. The summed E-state index contributed by atoms with van der Waals surface area (Å²) in [5.74, 6) is -0.0458. The Labute approximate surface area is 309 Å². The van der Waals surface area contributed by atoms with E-state index in [2.05, 4.69) is 133 Å². The van der Waals surface area contributed by atoms with Crippen LogP contribution >= 0.6 is 22.7 Å². The van der Waals surface area contributed by atoms with Crippen LogP contribution in [0.15, 0.2) is 48.5 Å². The molecule has 0 aliphatic heterocycles. The van der Waals surface area contributed by atoms with Crippen LogP contribution in [0.1, 0.15) is 166 Å². The highest BCUT2D eigenvalue weighted by atomic mass is 32.1. The molecule has 4 heteroatoms. The Balaban J connectivity index is 2.03. The van der Waals surface area contributed by atoms with E-state index in [1.807, 2.05) is 47.7 Å². The Bertz CT molecular complexity index is 1550. The van der Waals surface area contributed by atoms with Gasteiger partial charge in [0, 0.05) is 53.8 Å². The molecule has 1 amide bonds. The minimum absolute atomic E-state index is 0.0278. The van der Waals surface area contributed by atoms with Gasteiger partial charge in [-0.25, -0.2) is 0 Å². The summed E-state index contributed by atoms with van der Waals surface area (Å²) in [6.07, 6.45) is 10.6. The standard InChI is InChI=1S/C45H69NOS2/c1-16-17-18-22-25-33-30-35(42(8,9)40(2,3)4)48-39(33)45(14,15)43(10,11)36-31-34(38(49-36)44(12,13)41(5,6)7)28-29-46-37(47)27-26-32-23-20-19-21-24-32/h19-21,23-24,26-27,30-31H,16-18,22,25,28-29H2,1-15H3,(H,46,47)/b27-26+. The zero-order valence-corrected chi connectivity index (χ0v) is 35.5. The van der Waals surface area contributed by atoms with Gasteiger partial charge in [0.1, 0.15) is 0 Å². The maximum absolute atomic E-state index is 12.8. The summed E-state index contributed by atoms with van der Waals surface area (Å²) >= 11 is 4.09. The third-order valence-electron chi connectivity index (χ3n) is 12.5. The van der Waals surface area contributed by atoms with E-state index in [1.54, 1.807) is 16.5 Å². The first-order valence-corrected chi connectivity index (χ1v) is 20.4. The normalized spacial score (nSPS) is 13.8. The molecule has 2 heterocycles. The Morgan fingerprint density at radius 1 is 0.633 bits per heavy atom. The number of nitrogens with one attached hydrogen (secondary N) is 1. The number of hydrogen-bond acceptors (Lipinski definition) is 3. The van der Waals surface area contributed by atoms with E-state index in [9.17, 15) is 4.79 Å². The van der Waals surface area contributed by atoms with Gasteiger partial charge >= 0.3 is 0 Å². The fourth-order valence-electron chi connectivity index (χ4n) is 6.06. The Morgan fingerprint density at radius 3 is 1.67 bits per heavy atom. The molecule has 0 fully saturated rings. The van der Waals surface area contributed by atoms with Crippen molar-refractivity contribution in [2.75, 3.05) is 6.54 Å². The highest BCUT2D eigenvalue weighted by Gasteiger charge is 2.46. The van der Waals surface area contributed by atoms with Gasteiger partial charge in [0.25, 0.3) is 0 Å². The average molecular weight is 704 g/mol. The van der Waals surface area contributed by atoms with Gasteiger partial charge in [-0.05, 0) is 65.0 Å². The van der Waals surface area contributed by atoms with Crippen LogP contribution in [0.2, 0.25) is 0 Å². The third-order valence-corrected chi connectivity index (χ3v) is 16.2. The van der Waals surface area contributed by atoms with Gasteiger partial charge in [-0.1, -0.05) is 153 Å². The van der Waals surface area contributed by atoms with Crippen molar-refractivity contribution in [2.45, 2.75) is 164 Å². The summed E-state index contributed by atoms with van der Waals surface area (Å²) < 4.78 is 0. The smallest absolute Gasteiger partial charge is 0.244 e. The highest BCUT2D eigenvalue weighted by Crippen LogP contribution is 2.55. The average Bonchev–Trinajstić information content (AvgIpc) is 3.64. The lowest BCUT2D eigenvalue weighted by molar-refractivity contribution is -0.116. The van der Waals surface area contributed by atoms with E-state index >= 15 is 0 Å².